The van der Waals surface area contributed by atoms with Gasteiger partial charge in [0.1, 0.15) is 5.60 Å². The Labute approximate surface area is 154 Å². The number of carbonyl (C=O) groups excluding carboxylic acids is 1. The Morgan fingerprint density at radius 2 is 2.20 bits per heavy atom. The maximum absolute atomic E-state index is 13.1. The largest absolute Gasteiger partial charge is 0.369 e. The number of ether oxygens (including phenoxy) is 1. The van der Waals surface area contributed by atoms with Crippen molar-refractivity contribution in [1.82, 2.24) is 9.80 Å². The molecule has 1 aromatic rings. The fourth-order valence-electron chi connectivity index (χ4n) is 4.37. The van der Waals surface area contributed by atoms with E-state index in [2.05, 4.69) is 37.1 Å². The lowest BCUT2D eigenvalue weighted by Gasteiger charge is -2.42. The number of fused-ring (bicyclic) bond motifs is 2. The average Bonchev–Trinajstić information content (AvgIpc) is 3.25. The van der Waals surface area contributed by atoms with E-state index in [1.54, 1.807) is 11.3 Å². The first-order valence-corrected chi connectivity index (χ1v) is 10.4. The molecule has 1 spiro atoms. The molecule has 1 atom stereocenters. The highest BCUT2D eigenvalue weighted by Gasteiger charge is 2.42. The van der Waals surface area contributed by atoms with Crippen LogP contribution in [-0.4, -0.2) is 55.0 Å². The molecule has 25 heavy (non-hydrogen) atoms. The normalized spacial score (nSPS) is 25.5. The SMILES string of the molecule is CCCC1C=CCN1C(=O)c1cc2c(s1)C1(CCN(C)CC1)OCC2. The van der Waals surface area contributed by atoms with Crippen LogP contribution in [0.3, 0.4) is 0 Å². The summed E-state index contributed by atoms with van der Waals surface area (Å²) >= 11 is 1.69. The third kappa shape index (κ3) is 3.07. The first-order chi connectivity index (χ1) is 12.1. The Morgan fingerprint density at radius 3 is 2.96 bits per heavy atom. The molecule has 4 heterocycles. The van der Waals surface area contributed by atoms with Crippen molar-refractivity contribution in [3.05, 3.63) is 33.5 Å². The molecule has 136 valence electrons. The van der Waals surface area contributed by atoms with Crippen LogP contribution in [0.5, 0.6) is 0 Å². The highest BCUT2D eigenvalue weighted by Crippen LogP contribution is 2.45. The molecule has 0 aliphatic carbocycles. The molecule has 1 aromatic heterocycles. The monoisotopic (exact) mass is 360 g/mol. The number of rotatable bonds is 3. The molecule has 0 radical (unpaired) electrons. The predicted octanol–water partition coefficient (Wildman–Crippen LogP) is 3.42. The summed E-state index contributed by atoms with van der Waals surface area (Å²) in [5, 5.41) is 0. The minimum atomic E-state index is -0.143. The van der Waals surface area contributed by atoms with E-state index in [1.165, 1.54) is 10.4 Å². The molecule has 0 N–H and O–H groups in total. The van der Waals surface area contributed by atoms with E-state index in [4.69, 9.17) is 4.74 Å². The van der Waals surface area contributed by atoms with Gasteiger partial charge in [0.2, 0.25) is 0 Å². The molecule has 1 unspecified atom stereocenters. The van der Waals surface area contributed by atoms with E-state index in [-0.39, 0.29) is 17.6 Å². The number of hydrogen-bond acceptors (Lipinski definition) is 4. The van der Waals surface area contributed by atoms with Crippen molar-refractivity contribution in [1.29, 1.82) is 0 Å². The topological polar surface area (TPSA) is 32.8 Å². The lowest BCUT2D eigenvalue weighted by molar-refractivity contribution is -0.0921. The van der Waals surface area contributed by atoms with E-state index in [9.17, 15) is 4.79 Å². The fourth-order valence-corrected chi connectivity index (χ4v) is 5.74. The highest BCUT2D eigenvalue weighted by atomic mass is 32.1. The molecule has 4 nitrogen and oxygen atoms in total. The lowest BCUT2D eigenvalue weighted by Crippen LogP contribution is -2.44. The van der Waals surface area contributed by atoms with Gasteiger partial charge in [0.15, 0.2) is 0 Å². The van der Waals surface area contributed by atoms with E-state index in [1.807, 2.05) is 4.90 Å². The van der Waals surface area contributed by atoms with Gasteiger partial charge in [0.05, 0.1) is 17.5 Å². The second-order valence-corrected chi connectivity index (χ2v) is 8.65. The highest BCUT2D eigenvalue weighted by molar-refractivity contribution is 7.14. The molecule has 1 saturated heterocycles. The second kappa shape index (κ2) is 6.86. The van der Waals surface area contributed by atoms with Crippen molar-refractivity contribution in [2.24, 2.45) is 0 Å². The average molecular weight is 361 g/mol. The van der Waals surface area contributed by atoms with Gasteiger partial charge in [-0.05, 0) is 44.4 Å². The standard InChI is InChI=1S/C20H28N2O2S/c1-3-5-16-6-4-10-22(16)19(23)17-14-15-7-13-24-20(18(15)25-17)8-11-21(2)12-9-20/h4,6,14,16H,3,5,7-13H2,1-2H3. The fraction of sp³-hybridized carbons (Fsp3) is 0.650. The van der Waals surface area contributed by atoms with Crippen LogP contribution in [0, 0.1) is 0 Å². The van der Waals surface area contributed by atoms with Gasteiger partial charge in [-0.15, -0.1) is 11.3 Å². The van der Waals surface area contributed by atoms with Crippen LogP contribution >= 0.6 is 11.3 Å². The summed E-state index contributed by atoms with van der Waals surface area (Å²) in [4.78, 5) is 19.7. The predicted molar refractivity (Wildman–Crippen MR) is 101 cm³/mol. The maximum Gasteiger partial charge on any atom is 0.264 e. The Morgan fingerprint density at radius 1 is 1.40 bits per heavy atom. The zero-order valence-corrected chi connectivity index (χ0v) is 16.1. The Hall–Kier alpha value is -1.17. The molecule has 0 saturated carbocycles. The molecule has 0 bridgehead atoms. The number of likely N-dealkylation sites (tertiary alicyclic amines) is 1. The lowest BCUT2D eigenvalue weighted by atomic mass is 9.85. The van der Waals surface area contributed by atoms with Crippen molar-refractivity contribution < 1.29 is 9.53 Å². The van der Waals surface area contributed by atoms with Gasteiger partial charge >= 0.3 is 0 Å². The third-order valence-corrected chi connectivity index (χ3v) is 7.23. The van der Waals surface area contributed by atoms with Crippen LogP contribution < -0.4 is 0 Å². The first-order valence-electron chi connectivity index (χ1n) is 9.56. The molecular formula is C20H28N2O2S. The van der Waals surface area contributed by atoms with Crippen molar-refractivity contribution in [2.75, 3.05) is 33.3 Å². The molecule has 1 fully saturated rings. The molecule has 1 amide bonds. The van der Waals surface area contributed by atoms with E-state index >= 15 is 0 Å². The Balaban J connectivity index is 1.59. The zero-order chi connectivity index (χ0) is 17.4. The van der Waals surface area contributed by atoms with E-state index < -0.39 is 0 Å². The molecule has 5 heteroatoms. The molecule has 4 rings (SSSR count). The van der Waals surface area contributed by atoms with E-state index in [0.29, 0.717) is 0 Å². The number of nitrogens with zero attached hydrogens (tertiary/aromatic N) is 2. The smallest absolute Gasteiger partial charge is 0.264 e. The summed E-state index contributed by atoms with van der Waals surface area (Å²) in [5.74, 6) is 0.200. The number of carbonyl (C=O) groups is 1. The number of piperidine rings is 1. The Kier molecular flexibility index (Phi) is 4.73. The van der Waals surface area contributed by atoms with Gasteiger partial charge in [0.25, 0.3) is 5.91 Å². The summed E-state index contributed by atoms with van der Waals surface area (Å²) in [6.45, 7) is 5.84. The van der Waals surface area contributed by atoms with Gasteiger partial charge in [-0.1, -0.05) is 25.5 Å². The van der Waals surface area contributed by atoms with Crippen molar-refractivity contribution in [3.63, 3.8) is 0 Å². The van der Waals surface area contributed by atoms with Crippen molar-refractivity contribution in [3.8, 4) is 0 Å². The third-order valence-electron chi connectivity index (χ3n) is 5.88. The van der Waals surface area contributed by atoms with Crippen LogP contribution in [0.1, 0.15) is 52.7 Å². The maximum atomic E-state index is 13.1. The minimum Gasteiger partial charge on any atom is -0.369 e. The minimum absolute atomic E-state index is 0.143. The summed E-state index contributed by atoms with van der Waals surface area (Å²) in [6, 6.07) is 2.43. The van der Waals surface area contributed by atoms with Crippen molar-refractivity contribution in [2.45, 2.75) is 50.7 Å². The number of hydrogen-bond donors (Lipinski definition) is 0. The van der Waals surface area contributed by atoms with E-state index in [0.717, 1.165) is 63.2 Å². The second-order valence-electron chi connectivity index (χ2n) is 7.60. The van der Waals surface area contributed by atoms with Gasteiger partial charge < -0.3 is 14.5 Å². The molecule has 0 aromatic carbocycles. The van der Waals surface area contributed by atoms with Gasteiger partial charge in [-0.2, -0.15) is 0 Å². The van der Waals surface area contributed by atoms with Gasteiger partial charge in [0, 0.05) is 24.5 Å². The van der Waals surface area contributed by atoms with Crippen LogP contribution in [-0.2, 0) is 16.8 Å². The summed E-state index contributed by atoms with van der Waals surface area (Å²) in [6.07, 6.45) is 9.48. The number of amides is 1. The summed E-state index contributed by atoms with van der Waals surface area (Å²) < 4.78 is 6.31. The van der Waals surface area contributed by atoms with Crippen LogP contribution in [0.2, 0.25) is 0 Å². The van der Waals surface area contributed by atoms with Crippen LogP contribution in [0.15, 0.2) is 18.2 Å². The molecule has 3 aliphatic rings. The van der Waals surface area contributed by atoms with Crippen LogP contribution in [0.25, 0.3) is 0 Å². The Bertz CT molecular complexity index is 673. The molecule has 3 aliphatic heterocycles. The summed E-state index contributed by atoms with van der Waals surface area (Å²) in [5.41, 5.74) is 1.21. The zero-order valence-electron chi connectivity index (χ0n) is 15.3. The summed E-state index contributed by atoms with van der Waals surface area (Å²) in [7, 11) is 2.17. The van der Waals surface area contributed by atoms with Crippen LogP contribution in [0.4, 0.5) is 0 Å². The van der Waals surface area contributed by atoms with Gasteiger partial charge in [-0.3, -0.25) is 4.79 Å². The van der Waals surface area contributed by atoms with Crippen molar-refractivity contribution >= 4 is 17.2 Å². The first kappa shape index (κ1) is 17.3. The quantitative estimate of drug-likeness (QED) is 0.774. The molecular weight excluding hydrogens is 332 g/mol. The van der Waals surface area contributed by atoms with Gasteiger partial charge in [-0.25, -0.2) is 0 Å². The number of thiophene rings is 1.